The van der Waals surface area contributed by atoms with Gasteiger partial charge in [-0.25, -0.2) is 0 Å². The average molecular weight is 424 g/mol. The first kappa shape index (κ1) is 22.6. The van der Waals surface area contributed by atoms with Gasteiger partial charge in [-0.05, 0) is 47.2 Å². The molecule has 0 saturated carbocycles. The summed E-state index contributed by atoms with van der Waals surface area (Å²) < 4.78 is 5.11. The normalized spacial score (nSPS) is 18.6. The van der Waals surface area contributed by atoms with Crippen molar-refractivity contribution in [3.8, 4) is 5.75 Å². The van der Waals surface area contributed by atoms with Crippen molar-refractivity contribution in [1.29, 1.82) is 0 Å². The van der Waals surface area contributed by atoms with Crippen LogP contribution in [0.4, 0.5) is 0 Å². The molecule has 0 radical (unpaired) electrons. The number of hydrogen-bond donors (Lipinski definition) is 2. The van der Waals surface area contributed by atoms with Crippen molar-refractivity contribution in [3.63, 3.8) is 0 Å². The third-order valence-corrected chi connectivity index (χ3v) is 5.62. The Bertz CT molecular complexity index is 1050. The molecular formula is C25H29NO5. The van der Waals surface area contributed by atoms with Gasteiger partial charge in [-0.1, -0.05) is 45.0 Å². The van der Waals surface area contributed by atoms with Gasteiger partial charge in [0.05, 0.1) is 18.2 Å². The summed E-state index contributed by atoms with van der Waals surface area (Å²) >= 11 is 0. The zero-order valence-electron chi connectivity index (χ0n) is 18.6. The molecule has 1 atom stereocenters. The van der Waals surface area contributed by atoms with Crippen LogP contribution in [0.5, 0.6) is 5.75 Å². The highest BCUT2D eigenvalue weighted by Gasteiger charge is 2.46. The van der Waals surface area contributed by atoms with Gasteiger partial charge in [0.1, 0.15) is 11.5 Å². The molecule has 1 unspecified atom stereocenters. The van der Waals surface area contributed by atoms with Crippen LogP contribution in [-0.4, -0.2) is 47.1 Å². The maximum atomic E-state index is 13.0. The summed E-state index contributed by atoms with van der Waals surface area (Å²) in [5.41, 5.74) is 2.72. The number of ketones is 1. The number of rotatable bonds is 5. The van der Waals surface area contributed by atoms with Gasteiger partial charge in [-0.2, -0.15) is 0 Å². The quantitative estimate of drug-likeness (QED) is 0.430. The molecule has 2 N–H and O–H groups in total. The molecule has 0 aromatic heterocycles. The van der Waals surface area contributed by atoms with E-state index >= 15 is 0 Å². The highest BCUT2D eigenvalue weighted by molar-refractivity contribution is 6.46. The summed E-state index contributed by atoms with van der Waals surface area (Å²) in [6.45, 7) is 8.47. The molecule has 6 nitrogen and oxygen atoms in total. The lowest BCUT2D eigenvalue weighted by atomic mass is 9.84. The number of aromatic hydroxyl groups is 1. The zero-order chi connectivity index (χ0) is 22.9. The molecule has 1 aliphatic heterocycles. The molecule has 1 heterocycles. The predicted molar refractivity (Wildman–Crippen MR) is 119 cm³/mol. The molecule has 0 bridgehead atoms. The lowest BCUT2D eigenvalue weighted by molar-refractivity contribution is -0.140. The summed E-state index contributed by atoms with van der Waals surface area (Å²) in [6, 6.07) is 11.3. The Balaban J connectivity index is 2.24. The molecule has 1 fully saturated rings. The first-order chi connectivity index (χ1) is 14.6. The summed E-state index contributed by atoms with van der Waals surface area (Å²) in [6.07, 6.45) is 0. The second-order valence-electron chi connectivity index (χ2n) is 8.86. The Kier molecular flexibility index (Phi) is 6.23. The molecule has 1 aliphatic rings. The van der Waals surface area contributed by atoms with Crippen LogP contribution in [-0.2, 0) is 19.7 Å². The number of likely N-dealkylation sites (tertiary alicyclic amines) is 1. The predicted octanol–water partition coefficient (Wildman–Crippen LogP) is 4.07. The summed E-state index contributed by atoms with van der Waals surface area (Å²) in [5, 5.41) is 21.3. The minimum absolute atomic E-state index is 0.0146. The molecule has 3 rings (SSSR count). The number of aliphatic hydroxyl groups excluding tert-OH is 1. The molecule has 6 heteroatoms. The molecule has 1 saturated heterocycles. The Morgan fingerprint density at radius 1 is 1.13 bits per heavy atom. The van der Waals surface area contributed by atoms with E-state index in [1.165, 1.54) is 24.1 Å². The van der Waals surface area contributed by atoms with Crippen LogP contribution in [0.25, 0.3) is 5.76 Å². The van der Waals surface area contributed by atoms with Crippen LogP contribution in [0.2, 0.25) is 0 Å². The Labute approximate surface area is 182 Å². The average Bonchev–Trinajstić information content (AvgIpc) is 2.96. The molecule has 31 heavy (non-hydrogen) atoms. The van der Waals surface area contributed by atoms with Crippen molar-refractivity contribution in [1.82, 2.24) is 4.90 Å². The van der Waals surface area contributed by atoms with E-state index in [9.17, 15) is 19.8 Å². The van der Waals surface area contributed by atoms with E-state index in [4.69, 9.17) is 4.74 Å². The van der Waals surface area contributed by atoms with Crippen LogP contribution in [0.15, 0.2) is 48.0 Å². The number of phenols is 1. The fraction of sp³-hybridized carbons (Fsp3) is 0.360. The topological polar surface area (TPSA) is 87.1 Å². The number of aryl methyl sites for hydroxylation is 1. The molecule has 2 aromatic rings. The first-order valence-corrected chi connectivity index (χ1v) is 10.2. The lowest BCUT2D eigenvalue weighted by Crippen LogP contribution is -2.32. The van der Waals surface area contributed by atoms with Crippen LogP contribution >= 0.6 is 0 Å². The van der Waals surface area contributed by atoms with Crippen molar-refractivity contribution in [2.45, 2.75) is 39.2 Å². The van der Waals surface area contributed by atoms with Crippen molar-refractivity contribution in [2.75, 3.05) is 20.3 Å². The van der Waals surface area contributed by atoms with Crippen molar-refractivity contribution in [3.05, 3.63) is 70.3 Å². The van der Waals surface area contributed by atoms with Crippen LogP contribution < -0.4 is 0 Å². The Hall–Kier alpha value is -3.12. The van der Waals surface area contributed by atoms with Gasteiger partial charge in [-0.15, -0.1) is 0 Å². The number of Topliss-reactive ketones (excluding diaryl/α,β-unsaturated/α-hetero) is 1. The maximum Gasteiger partial charge on any atom is 0.295 e. The summed E-state index contributed by atoms with van der Waals surface area (Å²) in [7, 11) is 1.52. The number of carbonyl (C=O) groups is 2. The second kappa shape index (κ2) is 8.55. The van der Waals surface area contributed by atoms with Gasteiger partial charge >= 0.3 is 0 Å². The molecule has 0 aliphatic carbocycles. The highest BCUT2D eigenvalue weighted by Crippen LogP contribution is 2.41. The van der Waals surface area contributed by atoms with Crippen molar-refractivity contribution < 1.29 is 24.5 Å². The van der Waals surface area contributed by atoms with Gasteiger partial charge in [0, 0.05) is 19.2 Å². The molecule has 1 amide bonds. The highest BCUT2D eigenvalue weighted by atomic mass is 16.5. The molecule has 2 aromatic carbocycles. The second-order valence-corrected chi connectivity index (χ2v) is 8.86. The standard InChI is InChI=1S/C25H29NO5/c1-15-9-10-17(25(2,3)4)14-19(15)22(28)20-21(16-7-6-8-18(27)13-16)26(11-12-31-5)24(30)23(20)29/h6-10,13-14,21,27-28H,11-12H2,1-5H3/b22-20+. The number of hydrogen-bond acceptors (Lipinski definition) is 5. The molecule has 164 valence electrons. The van der Waals surface area contributed by atoms with E-state index in [-0.39, 0.29) is 35.6 Å². The Morgan fingerprint density at radius 3 is 2.45 bits per heavy atom. The third-order valence-electron chi connectivity index (χ3n) is 5.62. The van der Waals surface area contributed by atoms with Gasteiger partial charge in [0.15, 0.2) is 0 Å². The number of aliphatic hydroxyl groups is 1. The van der Waals surface area contributed by atoms with E-state index < -0.39 is 17.7 Å². The van der Waals surface area contributed by atoms with E-state index in [2.05, 4.69) is 20.8 Å². The van der Waals surface area contributed by atoms with E-state index in [1.54, 1.807) is 12.1 Å². The first-order valence-electron chi connectivity index (χ1n) is 10.2. The number of carbonyl (C=O) groups excluding carboxylic acids is 2. The van der Waals surface area contributed by atoms with Crippen LogP contribution in [0, 0.1) is 6.92 Å². The number of nitrogens with zero attached hydrogens (tertiary/aromatic N) is 1. The third kappa shape index (κ3) is 4.35. The summed E-state index contributed by atoms with van der Waals surface area (Å²) in [5.74, 6) is -1.64. The lowest BCUT2D eigenvalue weighted by Gasteiger charge is -2.25. The zero-order valence-corrected chi connectivity index (χ0v) is 18.6. The number of amides is 1. The number of ether oxygens (including phenoxy) is 1. The van der Waals surface area contributed by atoms with Gasteiger partial charge < -0.3 is 19.8 Å². The van der Waals surface area contributed by atoms with Gasteiger partial charge in [0.25, 0.3) is 11.7 Å². The van der Waals surface area contributed by atoms with Gasteiger partial charge in [0.2, 0.25) is 0 Å². The number of benzene rings is 2. The maximum absolute atomic E-state index is 13.0. The van der Waals surface area contributed by atoms with E-state index in [0.29, 0.717) is 11.1 Å². The monoisotopic (exact) mass is 423 g/mol. The fourth-order valence-electron chi connectivity index (χ4n) is 3.83. The van der Waals surface area contributed by atoms with Crippen molar-refractivity contribution >= 4 is 17.4 Å². The number of methoxy groups -OCH3 is 1. The molecular weight excluding hydrogens is 394 g/mol. The van der Waals surface area contributed by atoms with Crippen LogP contribution in [0.3, 0.4) is 0 Å². The van der Waals surface area contributed by atoms with E-state index in [1.807, 2.05) is 25.1 Å². The number of phenolic OH excluding ortho intramolecular Hbond substituents is 1. The summed E-state index contributed by atoms with van der Waals surface area (Å²) in [4.78, 5) is 27.3. The SMILES string of the molecule is COCCN1C(=O)C(=O)/C(=C(/O)c2cc(C(C)(C)C)ccc2C)C1c1cccc(O)c1. The van der Waals surface area contributed by atoms with Gasteiger partial charge in [-0.3, -0.25) is 9.59 Å². The van der Waals surface area contributed by atoms with Crippen LogP contribution in [0.1, 0.15) is 49.1 Å². The molecule has 0 spiro atoms. The minimum Gasteiger partial charge on any atom is -0.508 e. The minimum atomic E-state index is -0.819. The van der Waals surface area contributed by atoms with E-state index in [0.717, 1.165) is 11.1 Å². The fourth-order valence-corrected chi connectivity index (χ4v) is 3.83. The largest absolute Gasteiger partial charge is 0.508 e. The Morgan fingerprint density at radius 2 is 1.84 bits per heavy atom. The van der Waals surface area contributed by atoms with Crippen molar-refractivity contribution in [2.24, 2.45) is 0 Å². The smallest absolute Gasteiger partial charge is 0.295 e.